The van der Waals surface area contributed by atoms with Gasteiger partial charge in [-0.15, -0.1) is 0 Å². The Labute approximate surface area is 68.6 Å². The SMILES string of the molecule is CCOC(=O)C(=O)OC(=O)CN. The largest absolute Gasteiger partial charge is 0.458 e. The molecule has 12 heavy (non-hydrogen) atoms. The van der Waals surface area contributed by atoms with Crippen LogP contribution < -0.4 is 5.73 Å². The summed E-state index contributed by atoms with van der Waals surface area (Å²) in [7, 11) is 0. The number of esters is 3. The molecule has 0 aliphatic heterocycles. The summed E-state index contributed by atoms with van der Waals surface area (Å²) >= 11 is 0. The lowest BCUT2D eigenvalue weighted by atomic mass is 10.6. The lowest BCUT2D eigenvalue weighted by Crippen LogP contribution is -2.27. The molecule has 0 aromatic carbocycles. The molecule has 0 amide bonds. The monoisotopic (exact) mass is 175 g/mol. The fraction of sp³-hybridized carbons (Fsp3) is 0.500. The Hall–Kier alpha value is -1.43. The predicted molar refractivity (Wildman–Crippen MR) is 36.8 cm³/mol. The maximum absolute atomic E-state index is 10.5. The van der Waals surface area contributed by atoms with E-state index in [1.54, 1.807) is 0 Å². The molecule has 2 N–H and O–H groups in total. The van der Waals surface area contributed by atoms with E-state index in [2.05, 4.69) is 9.47 Å². The van der Waals surface area contributed by atoms with Gasteiger partial charge in [-0.2, -0.15) is 0 Å². The van der Waals surface area contributed by atoms with Crippen LogP contribution in [0.1, 0.15) is 6.92 Å². The smallest absolute Gasteiger partial charge is 0.425 e. The molecule has 6 nitrogen and oxygen atoms in total. The average molecular weight is 175 g/mol. The van der Waals surface area contributed by atoms with Crippen molar-refractivity contribution in [3.63, 3.8) is 0 Å². The minimum atomic E-state index is -1.34. The van der Waals surface area contributed by atoms with Crippen molar-refractivity contribution < 1.29 is 23.9 Å². The fourth-order valence-electron chi connectivity index (χ4n) is 0.377. The first-order chi connectivity index (χ1) is 5.61. The highest BCUT2D eigenvalue weighted by Crippen LogP contribution is 1.84. The molecular weight excluding hydrogens is 166 g/mol. The first-order valence-electron chi connectivity index (χ1n) is 3.23. The highest BCUT2D eigenvalue weighted by Gasteiger charge is 2.19. The van der Waals surface area contributed by atoms with Crippen LogP contribution in [0.5, 0.6) is 0 Å². The van der Waals surface area contributed by atoms with Gasteiger partial charge in [-0.1, -0.05) is 0 Å². The van der Waals surface area contributed by atoms with Crippen molar-refractivity contribution in [2.45, 2.75) is 6.92 Å². The Balaban J connectivity index is 3.87. The number of carbonyl (C=O) groups is 3. The third-order valence-corrected chi connectivity index (χ3v) is 0.815. The predicted octanol–water partition coefficient (Wildman–Crippen LogP) is -1.42. The maximum Gasteiger partial charge on any atom is 0.425 e. The second kappa shape index (κ2) is 5.25. The van der Waals surface area contributed by atoms with Crippen LogP contribution in [0.25, 0.3) is 0 Å². The number of carbonyl (C=O) groups excluding carboxylic acids is 3. The number of hydrogen-bond acceptors (Lipinski definition) is 6. The highest BCUT2D eigenvalue weighted by molar-refractivity contribution is 6.31. The van der Waals surface area contributed by atoms with Crippen molar-refractivity contribution in [2.75, 3.05) is 13.2 Å². The molecule has 0 aromatic rings. The van der Waals surface area contributed by atoms with Gasteiger partial charge in [0, 0.05) is 0 Å². The number of hydrogen-bond donors (Lipinski definition) is 1. The van der Waals surface area contributed by atoms with Crippen molar-refractivity contribution in [3.05, 3.63) is 0 Å². The minimum Gasteiger partial charge on any atom is -0.458 e. The van der Waals surface area contributed by atoms with E-state index in [0.29, 0.717) is 0 Å². The van der Waals surface area contributed by atoms with E-state index in [9.17, 15) is 14.4 Å². The van der Waals surface area contributed by atoms with Crippen molar-refractivity contribution in [2.24, 2.45) is 5.73 Å². The van der Waals surface area contributed by atoms with Crippen LogP contribution in [-0.2, 0) is 23.9 Å². The van der Waals surface area contributed by atoms with Crippen molar-refractivity contribution in [1.29, 1.82) is 0 Å². The van der Waals surface area contributed by atoms with Crippen LogP contribution in [-0.4, -0.2) is 31.1 Å². The molecule has 0 radical (unpaired) electrons. The quantitative estimate of drug-likeness (QED) is 0.314. The molecule has 0 spiro atoms. The summed E-state index contributed by atoms with van der Waals surface area (Å²) < 4.78 is 8.18. The highest BCUT2D eigenvalue weighted by atomic mass is 16.6. The molecule has 0 saturated carbocycles. The Morgan fingerprint density at radius 1 is 1.25 bits per heavy atom. The Morgan fingerprint density at radius 2 is 1.83 bits per heavy atom. The van der Waals surface area contributed by atoms with Gasteiger partial charge < -0.3 is 15.2 Å². The molecule has 0 aliphatic rings. The summed E-state index contributed by atoms with van der Waals surface area (Å²) in [6.45, 7) is 1.12. The molecule has 0 fully saturated rings. The first kappa shape index (κ1) is 10.6. The van der Waals surface area contributed by atoms with Gasteiger partial charge in [0.05, 0.1) is 13.2 Å². The second-order valence-electron chi connectivity index (χ2n) is 1.69. The van der Waals surface area contributed by atoms with Gasteiger partial charge in [0.2, 0.25) is 0 Å². The zero-order valence-corrected chi connectivity index (χ0v) is 6.53. The number of rotatable bonds is 2. The molecule has 0 aliphatic carbocycles. The summed E-state index contributed by atoms with van der Waals surface area (Å²) in [5.74, 6) is -3.50. The summed E-state index contributed by atoms with van der Waals surface area (Å²) in [5.41, 5.74) is 4.82. The number of nitrogens with two attached hydrogens (primary N) is 1. The summed E-state index contributed by atoms with van der Waals surface area (Å²) in [4.78, 5) is 31.4. The topological polar surface area (TPSA) is 95.7 Å². The van der Waals surface area contributed by atoms with Crippen LogP contribution in [0.15, 0.2) is 0 Å². The lowest BCUT2D eigenvalue weighted by Gasteiger charge is -1.99. The van der Waals surface area contributed by atoms with Gasteiger partial charge in [-0.05, 0) is 6.92 Å². The van der Waals surface area contributed by atoms with Crippen molar-refractivity contribution >= 4 is 17.9 Å². The van der Waals surface area contributed by atoms with Gasteiger partial charge in [-0.3, -0.25) is 4.79 Å². The van der Waals surface area contributed by atoms with E-state index in [4.69, 9.17) is 5.73 Å². The van der Waals surface area contributed by atoms with E-state index < -0.39 is 24.5 Å². The lowest BCUT2D eigenvalue weighted by molar-refractivity contribution is -0.172. The number of ether oxygens (including phenoxy) is 2. The fourth-order valence-corrected chi connectivity index (χ4v) is 0.377. The van der Waals surface area contributed by atoms with Crippen LogP contribution in [0.3, 0.4) is 0 Å². The van der Waals surface area contributed by atoms with Crippen LogP contribution >= 0.6 is 0 Å². The zero-order chi connectivity index (χ0) is 9.56. The molecule has 0 atom stereocenters. The Bertz CT molecular complexity index is 200. The summed E-state index contributed by atoms with van der Waals surface area (Å²) in [6, 6.07) is 0. The van der Waals surface area contributed by atoms with Crippen LogP contribution in [0.2, 0.25) is 0 Å². The Kier molecular flexibility index (Phi) is 4.62. The van der Waals surface area contributed by atoms with Crippen molar-refractivity contribution in [1.82, 2.24) is 0 Å². The molecule has 0 heterocycles. The maximum atomic E-state index is 10.5. The zero-order valence-electron chi connectivity index (χ0n) is 6.53. The van der Waals surface area contributed by atoms with Crippen molar-refractivity contribution in [3.8, 4) is 0 Å². The standard InChI is InChI=1S/C6H9NO5/c1-2-11-5(9)6(10)12-4(8)3-7/h2-3,7H2,1H3. The third kappa shape index (κ3) is 3.67. The second-order valence-corrected chi connectivity index (χ2v) is 1.69. The van der Waals surface area contributed by atoms with Gasteiger partial charge in [0.15, 0.2) is 0 Å². The molecule has 0 aromatic heterocycles. The molecule has 68 valence electrons. The molecule has 6 heteroatoms. The van der Waals surface area contributed by atoms with Gasteiger partial charge in [-0.25, -0.2) is 9.59 Å². The van der Waals surface area contributed by atoms with E-state index in [1.807, 2.05) is 0 Å². The van der Waals surface area contributed by atoms with E-state index in [0.717, 1.165) is 0 Å². The summed E-state index contributed by atoms with van der Waals surface area (Å²) in [5, 5.41) is 0. The van der Waals surface area contributed by atoms with E-state index >= 15 is 0 Å². The van der Waals surface area contributed by atoms with E-state index in [1.165, 1.54) is 6.92 Å². The molecule has 0 unspecified atom stereocenters. The molecule has 0 saturated heterocycles. The normalized spacial score (nSPS) is 8.83. The van der Waals surface area contributed by atoms with E-state index in [-0.39, 0.29) is 6.61 Å². The van der Waals surface area contributed by atoms with Crippen LogP contribution in [0, 0.1) is 0 Å². The van der Waals surface area contributed by atoms with Gasteiger partial charge in [0.1, 0.15) is 0 Å². The van der Waals surface area contributed by atoms with Gasteiger partial charge in [0.25, 0.3) is 0 Å². The first-order valence-corrected chi connectivity index (χ1v) is 3.23. The Morgan fingerprint density at radius 3 is 2.25 bits per heavy atom. The summed E-state index contributed by atoms with van der Waals surface area (Å²) in [6.07, 6.45) is 0. The molecular formula is C6H9NO5. The molecule has 0 bridgehead atoms. The van der Waals surface area contributed by atoms with Crippen LogP contribution in [0.4, 0.5) is 0 Å². The minimum absolute atomic E-state index is 0.0464. The molecule has 0 rings (SSSR count). The third-order valence-electron chi connectivity index (χ3n) is 0.815. The van der Waals surface area contributed by atoms with Gasteiger partial charge >= 0.3 is 17.9 Å². The average Bonchev–Trinajstić information content (AvgIpc) is 2.04.